The smallest absolute Gasteiger partial charge is 0.317 e. The summed E-state index contributed by atoms with van der Waals surface area (Å²) in [4.78, 5) is 23.5. The molecule has 1 heterocycles. The van der Waals surface area contributed by atoms with Crippen LogP contribution in [0.2, 0.25) is 0 Å². The minimum atomic E-state index is -0.637. The molecule has 0 unspecified atom stereocenters. The fourth-order valence-electron chi connectivity index (χ4n) is 3.48. The average molecular weight is 360 g/mol. The Morgan fingerprint density at radius 3 is 2.30 bits per heavy atom. The van der Waals surface area contributed by atoms with Crippen LogP contribution in [0, 0.1) is 10.1 Å². The lowest BCUT2D eigenvalue weighted by atomic mass is 9.98. The molecule has 0 radical (unpaired) electrons. The van der Waals surface area contributed by atoms with Crippen LogP contribution in [0.15, 0.2) is 71.5 Å². The van der Waals surface area contributed by atoms with Gasteiger partial charge in [0.1, 0.15) is 0 Å². The van der Waals surface area contributed by atoms with Crippen molar-refractivity contribution < 1.29 is 9.66 Å². The van der Waals surface area contributed by atoms with E-state index in [1.165, 1.54) is 6.07 Å². The molecule has 6 heteroatoms. The van der Waals surface area contributed by atoms with Crippen molar-refractivity contribution in [1.29, 1.82) is 0 Å². The Kier molecular flexibility index (Phi) is 4.08. The highest BCUT2D eigenvalue weighted by Crippen LogP contribution is 2.37. The summed E-state index contributed by atoms with van der Waals surface area (Å²) in [6.07, 6.45) is 0. The zero-order valence-corrected chi connectivity index (χ0v) is 14.6. The minimum absolute atomic E-state index is 0.330. The molecule has 4 rings (SSSR count). The van der Waals surface area contributed by atoms with Crippen LogP contribution in [0.5, 0.6) is 5.88 Å². The van der Waals surface area contributed by atoms with Crippen molar-refractivity contribution in [1.82, 2.24) is 4.57 Å². The number of rotatable bonds is 4. The van der Waals surface area contributed by atoms with Crippen LogP contribution in [-0.2, 0) is 6.54 Å². The normalized spacial score (nSPS) is 11.0. The van der Waals surface area contributed by atoms with Gasteiger partial charge in [-0.25, -0.2) is 0 Å². The molecule has 0 saturated heterocycles. The maximum absolute atomic E-state index is 12.9. The van der Waals surface area contributed by atoms with Crippen LogP contribution in [0.25, 0.3) is 22.0 Å². The molecule has 0 N–H and O–H groups in total. The molecule has 0 fully saturated rings. The molecule has 0 atom stereocenters. The third kappa shape index (κ3) is 2.71. The van der Waals surface area contributed by atoms with E-state index in [1.54, 1.807) is 25.3 Å². The molecule has 27 heavy (non-hydrogen) atoms. The second kappa shape index (κ2) is 6.57. The molecule has 2 aliphatic rings. The van der Waals surface area contributed by atoms with Gasteiger partial charge in [0.2, 0.25) is 5.88 Å². The van der Waals surface area contributed by atoms with E-state index in [2.05, 4.69) is 0 Å². The lowest BCUT2D eigenvalue weighted by Gasteiger charge is -2.22. The maximum Gasteiger partial charge on any atom is 0.317 e. The second-order valence-electron chi connectivity index (χ2n) is 6.19. The predicted octanol–water partition coefficient (Wildman–Crippen LogP) is 4.07. The first kappa shape index (κ1) is 16.8. The Labute approximate surface area is 154 Å². The third-order valence-corrected chi connectivity index (χ3v) is 4.65. The molecule has 0 aromatic heterocycles. The van der Waals surface area contributed by atoms with Gasteiger partial charge in [-0.1, -0.05) is 48.5 Å². The van der Waals surface area contributed by atoms with E-state index in [4.69, 9.17) is 4.74 Å². The topological polar surface area (TPSA) is 74.4 Å². The second-order valence-corrected chi connectivity index (χ2v) is 6.19. The van der Waals surface area contributed by atoms with Gasteiger partial charge in [-0.15, -0.1) is 0 Å². The molecule has 1 aliphatic carbocycles. The monoisotopic (exact) mass is 360 g/mol. The number of benzene rings is 3. The first-order chi connectivity index (χ1) is 13.1. The van der Waals surface area contributed by atoms with E-state index in [-0.39, 0.29) is 0 Å². The van der Waals surface area contributed by atoms with Gasteiger partial charge in [0, 0.05) is 16.8 Å². The largest absolute Gasteiger partial charge is 0.482 e. The Balaban J connectivity index is 2.13. The van der Waals surface area contributed by atoms with Crippen LogP contribution >= 0.6 is 0 Å². The summed E-state index contributed by atoms with van der Waals surface area (Å²) in [5.74, 6) is 0.607. The summed E-state index contributed by atoms with van der Waals surface area (Å²) in [5, 5.41) is 12.7. The zero-order chi connectivity index (χ0) is 19.0. The molecule has 0 bridgehead atoms. The standard InChI is InChI=1S/C21H16N2O4/c1-27-21-16-10-6-5-9-15(16)19-17(11-12-18(20(19)24)23(25)26)22(21)13-14-7-3-2-4-8-14/h2-12H,13H2,1H3. The number of methoxy groups -OCH3 is 1. The number of nitrogens with zero attached hydrogens (tertiary/aromatic N) is 2. The van der Waals surface area contributed by atoms with Crippen molar-refractivity contribution in [3.63, 3.8) is 0 Å². The summed E-state index contributed by atoms with van der Waals surface area (Å²) in [5.41, 5.74) is 0.951. The van der Waals surface area contributed by atoms with Crippen LogP contribution in [-0.4, -0.2) is 16.6 Å². The van der Waals surface area contributed by atoms with Gasteiger partial charge in [-0.05, 0) is 17.7 Å². The van der Waals surface area contributed by atoms with Crippen molar-refractivity contribution >= 4 is 16.5 Å². The highest BCUT2D eigenvalue weighted by Gasteiger charge is 2.25. The number of fused-ring (bicyclic) bond motifs is 3. The number of pyridine rings is 1. The SMILES string of the molecule is COc1c2ccccc2c2c(=O)c([N+](=O)[O-])ccc-2n1Cc1ccccc1. The summed E-state index contributed by atoms with van der Waals surface area (Å²) in [6.45, 7) is 0.475. The highest BCUT2D eigenvalue weighted by molar-refractivity contribution is 6.00. The molecule has 2 aromatic rings. The van der Waals surface area contributed by atoms with Gasteiger partial charge < -0.3 is 9.30 Å². The van der Waals surface area contributed by atoms with E-state index in [0.717, 1.165) is 10.9 Å². The first-order valence-electron chi connectivity index (χ1n) is 8.42. The van der Waals surface area contributed by atoms with E-state index < -0.39 is 16.0 Å². The quantitative estimate of drug-likeness (QED) is 0.312. The van der Waals surface area contributed by atoms with E-state index >= 15 is 0 Å². The highest BCUT2D eigenvalue weighted by atomic mass is 16.6. The molecule has 0 amide bonds. The summed E-state index contributed by atoms with van der Waals surface area (Å²) < 4.78 is 7.57. The Hall–Kier alpha value is -3.67. The van der Waals surface area contributed by atoms with E-state index in [9.17, 15) is 14.9 Å². The number of nitro groups is 1. The number of ether oxygens (including phenoxy) is 1. The van der Waals surface area contributed by atoms with Gasteiger partial charge in [0.25, 0.3) is 5.43 Å². The van der Waals surface area contributed by atoms with Crippen molar-refractivity contribution in [3.8, 4) is 17.1 Å². The summed E-state index contributed by atoms with van der Waals surface area (Å²) >= 11 is 0. The van der Waals surface area contributed by atoms with Gasteiger partial charge in [-0.3, -0.25) is 14.9 Å². The predicted molar refractivity (Wildman–Crippen MR) is 104 cm³/mol. The van der Waals surface area contributed by atoms with Crippen molar-refractivity contribution in [2.24, 2.45) is 0 Å². The molecule has 2 aromatic carbocycles. The molecular formula is C21H16N2O4. The van der Waals surface area contributed by atoms with Gasteiger partial charge in [-0.2, -0.15) is 0 Å². The molecule has 134 valence electrons. The third-order valence-electron chi connectivity index (χ3n) is 4.65. The van der Waals surface area contributed by atoms with Crippen LogP contribution in [0.4, 0.5) is 5.69 Å². The Morgan fingerprint density at radius 2 is 1.63 bits per heavy atom. The molecule has 6 nitrogen and oxygen atoms in total. The minimum Gasteiger partial charge on any atom is -0.482 e. The van der Waals surface area contributed by atoms with Gasteiger partial charge >= 0.3 is 5.69 Å². The van der Waals surface area contributed by atoms with Crippen LogP contribution < -0.4 is 10.2 Å². The maximum atomic E-state index is 12.9. The van der Waals surface area contributed by atoms with Crippen molar-refractivity contribution in [2.45, 2.75) is 6.54 Å². The van der Waals surface area contributed by atoms with Crippen LogP contribution in [0.1, 0.15) is 5.56 Å². The molecule has 1 aliphatic heterocycles. The molecule has 0 spiro atoms. The van der Waals surface area contributed by atoms with E-state index in [0.29, 0.717) is 29.1 Å². The van der Waals surface area contributed by atoms with Gasteiger partial charge in [0.15, 0.2) is 0 Å². The lowest BCUT2D eigenvalue weighted by molar-refractivity contribution is -0.385. The molecular weight excluding hydrogens is 344 g/mol. The van der Waals surface area contributed by atoms with E-state index in [1.807, 2.05) is 47.0 Å². The number of nitro benzene ring substituents is 1. The fourth-order valence-corrected chi connectivity index (χ4v) is 3.48. The Morgan fingerprint density at radius 1 is 0.963 bits per heavy atom. The summed E-state index contributed by atoms with van der Waals surface area (Å²) in [6, 6.07) is 20.0. The average Bonchev–Trinajstić information content (AvgIpc) is 2.68. The van der Waals surface area contributed by atoms with Crippen molar-refractivity contribution in [3.05, 3.63) is 92.6 Å². The fraction of sp³-hybridized carbons (Fsp3) is 0.0952. The number of aromatic nitrogens is 1. The molecule has 0 saturated carbocycles. The number of non-ortho nitro benzene ring substituents is 1. The number of hydrogen-bond donors (Lipinski definition) is 0. The first-order valence-corrected chi connectivity index (χ1v) is 8.42. The number of hydrogen-bond acceptors (Lipinski definition) is 4. The van der Waals surface area contributed by atoms with Gasteiger partial charge in [0.05, 0.1) is 29.8 Å². The summed E-state index contributed by atoms with van der Waals surface area (Å²) in [7, 11) is 1.58. The Bertz CT molecular complexity index is 1180. The van der Waals surface area contributed by atoms with Crippen molar-refractivity contribution in [2.75, 3.05) is 7.11 Å². The zero-order valence-electron chi connectivity index (χ0n) is 14.6. The lowest BCUT2D eigenvalue weighted by Crippen LogP contribution is -2.18. The van der Waals surface area contributed by atoms with Crippen LogP contribution in [0.3, 0.4) is 0 Å².